The largest absolute Gasteiger partial charge is 0.339 e. The molecule has 0 bridgehead atoms. The zero-order valence-corrected chi connectivity index (χ0v) is 12.2. The van der Waals surface area contributed by atoms with E-state index in [2.05, 4.69) is 18.8 Å². The van der Waals surface area contributed by atoms with Crippen LogP contribution in [0.2, 0.25) is 0 Å². The van der Waals surface area contributed by atoms with E-state index >= 15 is 0 Å². The molecule has 1 rings (SSSR count). The van der Waals surface area contributed by atoms with Gasteiger partial charge in [-0.2, -0.15) is 0 Å². The SMILES string of the molecule is CCC(CC)CN(CC)C(=O)c1ccnc(CN)c1. The van der Waals surface area contributed by atoms with Gasteiger partial charge in [-0.05, 0) is 25.0 Å². The molecule has 0 aromatic carbocycles. The monoisotopic (exact) mass is 263 g/mol. The standard InChI is InChI=1S/C15H25N3O/c1-4-12(5-2)11-18(6-3)15(19)13-7-8-17-14(9-13)10-16/h7-9,12H,4-6,10-11,16H2,1-3H3. The third-order valence-electron chi connectivity index (χ3n) is 3.57. The molecule has 2 N–H and O–H groups in total. The third-order valence-corrected chi connectivity index (χ3v) is 3.57. The van der Waals surface area contributed by atoms with E-state index in [1.807, 2.05) is 11.8 Å². The van der Waals surface area contributed by atoms with Crippen molar-refractivity contribution in [1.82, 2.24) is 9.88 Å². The first kappa shape index (κ1) is 15.6. The quantitative estimate of drug-likeness (QED) is 0.822. The van der Waals surface area contributed by atoms with Gasteiger partial charge in [0.2, 0.25) is 0 Å². The number of pyridine rings is 1. The van der Waals surface area contributed by atoms with Crippen molar-refractivity contribution in [1.29, 1.82) is 0 Å². The molecule has 1 aromatic heterocycles. The molecule has 1 amide bonds. The first-order chi connectivity index (χ1) is 9.15. The van der Waals surface area contributed by atoms with Crippen LogP contribution in [0.4, 0.5) is 0 Å². The maximum absolute atomic E-state index is 12.5. The van der Waals surface area contributed by atoms with Crippen LogP contribution in [0.5, 0.6) is 0 Å². The lowest BCUT2D eigenvalue weighted by atomic mass is 10.0. The summed E-state index contributed by atoms with van der Waals surface area (Å²) in [6.07, 6.45) is 3.86. The Morgan fingerprint density at radius 2 is 2.05 bits per heavy atom. The predicted molar refractivity (Wildman–Crippen MR) is 77.8 cm³/mol. The highest BCUT2D eigenvalue weighted by Gasteiger charge is 2.17. The lowest BCUT2D eigenvalue weighted by molar-refractivity contribution is 0.0734. The summed E-state index contributed by atoms with van der Waals surface area (Å²) in [6.45, 7) is 8.28. The van der Waals surface area contributed by atoms with Gasteiger partial charge in [0, 0.05) is 31.4 Å². The van der Waals surface area contributed by atoms with Crippen molar-refractivity contribution in [2.24, 2.45) is 11.7 Å². The maximum atomic E-state index is 12.5. The Labute approximate surface area is 116 Å². The van der Waals surface area contributed by atoms with Crippen molar-refractivity contribution in [2.45, 2.75) is 40.2 Å². The van der Waals surface area contributed by atoms with Crippen LogP contribution in [0.25, 0.3) is 0 Å². The second kappa shape index (κ2) is 7.89. The van der Waals surface area contributed by atoms with Crippen LogP contribution in [0.3, 0.4) is 0 Å². The number of hydrogen-bond acceptors (Lipinski definition) is 3. The van der Waals surface area contributed by atoms with Crippen molar-refractivity contribution in [3.8, 4) is 0 Å². The molecule has 19 heavy (non-hydrogen) atoms. The summed E-state index contributed by atoms with van der Waals surface area (Å²) in [7, 11) is 0. The average molecular weight is 263 g/mol. The molecule has 0 atom stereocenters. The minimum absolute atomic E-state index is 0.0755. The minimum atomic E-state index is 0.0755. The zero-order chi connectivity index (χ0) is 14.3. The molecule has 0 unspecified atom stereocenters. The van der Waals surface area contributed by atoms with Gasteiger partial charge in [0.25, 0.3) is 5.91 Å². The van der Waals surface area contributed by atoms with E-state index < -0.39 is 0 Å². The second-order valence-electron chi connectivity index (χ2n) is 4.77. The van der Waals surface area contributed by atoms with Gasteiger partial charge in [0.05, 0.1) is 5.69 Å². The molecule has 0 radical (unpaired) electrons. The van der Waals surface area contributed by atoms with Crippen molar-refractivity contribution < 1.29 is 4.79 Å². The normalized spacial score (nSPS) is 10.8. The topological polar surface area (TPSA) is 59.2 Å². The molecule has 0 spiro atoms. The molecule has 0 aliphatic heterocycles. The fourth-order valence-corrected chi connectivity index (χ4v) is 2.12. The van der Waals surface area contributed by atoms with E-state index in [9.17, 15) is 4.79 Å². The molecular formula is C15H25N3O. The van der Waals surface area contributed by atoms with Crippen molar-refractivity contribution in [2.75, 3.05) is 13.1 Å². The van der Waals surface area contributed by atoms with E-state index in [4.69, 9.17) is 5.73 Å². The number of carbonyl (C=O) groups excluding carboxylic acids is 1. The van der Waals surface area contributed by atoms with E-state index in [1.165, 1.54) is 0 Å². The van der Waals surface area contributed by atoms with Gasteiger partial charge < -0.3 is 10.6 Å². The Bertz CT molecular complexity index is 402. The Morgan fingerprint density at radius 3 is 2.58 bits per heavy atom. The van der Waals surface area contributed by atoms with Crippen LogP contribution < -0.4 is 5.73 Å². The van der Waals surface area contributed by atoms with Crippen LogP contribution >= 0.6 is 0 Å². The van der Waals surface area contributed by atoms with E-state index in [0.29, 0.717) is 18.0 Å². The lowest BCUT2D eigenvalue weighted by Crippen LogP contribution is -2.35. The highest BCUT2D eigenvalue weighted by molar-refractivity contribution is 5.94. The number of amides is 1. The molecule has 0 aliphatic carbocycles. The van der Waals surface area contributed by atoms with Gasteiger partial charge in [-0.3, -0.25) is 9.78 Å². The molecule has 0 aliphatic rings. The number of nitrogens with two attached hydrogens (primary N) is 1. The molecule has 4 heteroatoms. The summed E-state index contributed by atoms with van der Waals surface area (Å²) in [5.74, 6) is 0.645. The number of hydrogen-bond donors (Lipinski definition) is 1. The van der Waals surface area contributed by atoms with Gasteiger partial charge in [0.15, 0.2) is 0 Å². The first-order valence-electron chi connectivity index (χ1n) is 7.10. The number of nitrogens with zero attached hydrogens (tertiary/aromatic N) is 2. The summed E-state index contributed by atoms with van der Waals surface area (Å²) >= 11 is 0. The summed E-state index contributed by atoms with van der Waals surface area (Å²) in [6, 6.07) is 3.55. The second-order valence-corrected chi connectivity index (χ2v) is 4.77. The minimum Gasteiger partial charge on any atom is -0.339 e. The van der Waals surface area contributed by atoms with Crippen LogP contribution in [0.15, 0.2) is 18.3 Å². The lowest BCUT2D eigenvalue weighted by Gasteiger charge is -2.25. The van der Waals surface area contributed by atoms with Crippen LogP contribution in [-0.4, -0.2) is 28.9 Å². The molecule has 1 heterocycles. The number of rotatable bonds is 7. The predicted octanol–water partition coefficient (Wildman–Crippen LogP) is 2.44. The zero-order valence-electron chi connectivity index (χ0n) is 12.2. The fourth-order valence-electron chi connectivity index (χ4n) is 2.12. The van der Waals surface area contributed by atoms with Crippen molar-refractivity contribution in [3.63, 3.8) is 0 Å². The molecular weight excluding hydrogens is 238 g/mol. The summed E-state index contributed by atoms with van der Waals surface area (Å²) in [5, 5.41) is 0. The molecule has 4 nitrogen and oxygen atoms in total. The van der Waals surface area contributed by atoms with E-state index in [0.717, 1.165) is 31.6 Å². The maximum Gasteiger partial charge on any atom is 0.253 e. The fraction of sp³-hybridized carbons (Fsp3) is 0.600. The van der Waals surface area contributed by atoms with Crippen molar-refractivity contribution >= 4 is 5.91 Å². The highest BCUT2D eigenvalue weighted by Crippen LogP contribution is 2.13. The van der Waals surface area contributed by atoms with Gasteiger partial charge in [-0.15, -0.1) is 0 Å². The Hall–Kier alpha value is -1.42. The van der Waals surface area contributed by atoms with E-state index in [-0.39, 0.29) is 5.91 Å². The van der Waals surface area contributed by atoms with Gasteiger partial charge in [0.1, 0.15) is 0 Å². The number of carbonyl (C=O) groups is 1. The smallest absolute Gasteiger partial charge is 0.253 e. The Kier molecular flexibility index (Phi) is 6.50. The summed E-state index contributed by atoms with van der Waals surface area (Å²) in [4.78, 5) is 18.5. The third kappa shape index (κ3) is 4.31. The average Bonchev–Trinajstić information content (AvgIpc) is 2.48. The van der Waals surface area contributed by atoms with Gasteiger partial charge in [-0.1, -0.05) is 26.7 Å². The molecule has 0 saturated carbocycles. The van der Waals surface area contributed by atoms with Gasteiger partial charge >= 0.3 is 0 Å². The molecule has 1 aromatic rings. The molecule has 0 fully saturated rings. The van der Waals surface area contributed by atoms with Crippen LogP contribution in [0.1, 0.15) is 49.7 Å². The molecule has 106 valence electrons. The summed E-state index contributed by atoms with van der Waals surface area (Å²) < 4.78 is 0. The Balaban J connectivity index is 2.82. The molecule has 0 saturated heterocycles. The Morgan fingerprint density at radius 1 is 1.37 bits per heavy atom. The van der Waals surface area contributed by atoms with E-state index in [1.54, 1.807) is 18.3 Å². The number of aromatic nitrogens is 1. The van der Waals surface area contributed by atoms with Crippen LogP contribution in [0, 0.1) is 5.92 Å². The van der Waals surface area contributed by atoms with Gasteiger partial charge in [-0.25, -0.2) is 0 Å². The highest BCUT2D eigenvalue weighted by atomic mass is 16.2. The first-order valence-corrected chi connectivity index (χ1v) is 7.10. The summed E-state index contributed by atoms with van der Waals surface area (Å²) in [5.41, 5.74) is 7.00. The van der Waals surface area contributed by atoms with Crippen molar-refractivity contribution in [3.05, 3.63) is 29.6 Å². The van der Waals surface area contributed by atoms with Crippen LogP contribution in [-0.2, 0) is 6.54 Å².